The van der Waals surface area contributed by atoms with Gasteiger partial charge in [-0.1, -0.05) is 12.1 Å². The van der Waals surface area contributed by atoms with Gasteiger partial charge in [0.05, 0.1) is 26.2 Å². The summed E-state index contributed by atoms with van der Waals surface area (Å²) in [5.74, 6) is 1.06. The van der Waals surface area contributed by atoms with E-state index in [1.54, 1.807) is 14.2 Å². The summed E-state index contributed by atoms with van der Waals surface area (Å²) in [5, 5.41) is 3.23. The summed E-state index contributed by atoms with van der Waals surface area (Å²) in [6, 6.07) is 12.1. The molecule has 0 fully saturated rings. The number of ether oxygens (including phenoxy) is 2. The molecule has 0 radical (unpaired) electrons. The predicted molar refractivity (Wildman–Crippen MR) is 125 cm³/mol. The average Bonchev–Trinajstić information content (AvgIpc) is 2.73. The number of nitrogens with two attached hydrogens (primary N) is 1. The van der Waals surface area contributed by atoms with Crippen LogP contribution in [0.15, 0.2) is 36.4 Å². The molecular weight excluding hydrogens is 390 g/mol. The van der Waals surface area contributed by atoms with Crippen LogP contribution in [0, 0.1) is 0 Å². The van der Waals surface area contributed by atoms with Crippen molar-refractivity contribution in [3.05, 3.63) is 53.1 Å². The molecular formula is C25H35N3O3. The van der Waals surface area contributed by atoms with Gasteiger partial charge in [-0.3, -0.25) is 9.69 Å². The van der Waals surface area contributed by atoms with Gasteiger partial charge in [-0.25, -0.2) is 0 Å². The highest BCUT2D eigenvalue weighted by molar-refractivity contribution is 5.87. The molecule has 168 valence electrons. The van der Waals surface area contributed by atoms with Crippen molar-refractivity contribution in [1.82, 2.24) is 10.2 Å². The normalized spacial score (nSPS) is 18.3. The van der Waals surface area contributed by atoms with Crippen LogP contribution in [0.3, 0.4) is 0 Å². The van der Waals surface area contributed by atoms with Gasteiger partial charge < -0.3 is 20.5 Å². The maximum absolute atomic E-state index is 13.3. The number of nitrogens with one attached hydrogen (secondary N) is 1. The lowest BCUT2D eigenvalue weighted by molar-refractivity contribution is -0.124. The van der Waals surface area contributed by atoms with Crippen molar-refractivity contribution in [2.75, 3.05) is 26.5 Å². The minimum atomic E-state index is -0.284. The maximum Gasteiger partial charge on any atom is 0.228 e. The van der Waals surface area contributed by atoms with Crippen LogP contribution in [-0.2, 0) is 4.79 Å². The Kier molecular flexibility index (Phi) is 7.11. The molecule has 2 aromatic carbocycles. The van der Waals surface area contributed by atoms with Crippen molar-refractivity contribution >= 4 is 11.6 Å². The minimum absolute atomic E-state index is 0.0274. The van der Waals surface area contributed by atoms with E-state index in [0.29, 0.717) is 29.3 Å². The van der Waals surface area contributed by atoms with Gasteiger partial charge in [0.25, 0.3) is 0 Å². The molecule has 3 rings (SSSR count). The quantitative estimate of drug-likeness (QED) is 0.623. The largest absolute Gasteiger partial charge is 0.493 e. The highest BCUT2D eigenvalue weighted by atomic mass is 16.5. The predicted octanol–water partition coefficient (Wildman–Crippen LogP) is 4.10. The molecule has 2 unspecified atom stereocenters. The first kappa shape index (κ1) is 22.9. The lowest BCUT2D eigenvalue weighted by atomic mass is 9.81. The Morgan fingerprint density at radius 2 is 1.61 bits per heavy atom. The van der Waals surface area contributed by atoms with Gasteiger partial charge in [0.2, 0.25) is 5.91 Å². The molecule has 1 heterocycles. The van der Waals surface area contributed by atoms with Crippen LogP contribution >= 0.6 is 0 Å². The maximum atomic E-state index is 13.3. The molecule has 6 nitrogen and oxygen atoms in total. The molecule has 0 saturated heterocycles. The molecule has 0 spiro atoms. The second-order valence-electron chi connectivity index (χ2n) is 8.71. The summed E-state index contributed by atoms with van der Waals surface area (Å²) in [6.07, 6.45) is 0.730. The first-order valence-corrected chi connectivity index (χ1v) is 10.9. The Morgan fingerprint density at radius 1 is 1.00 bits per heavy atom. The fourth-order valence-electron chi connectivity index (χ4n) is 4.60. The minimum Gasteiger partial charge on any atom is -0.493 e. The molecule has 1 amide bonds. The third-order valence-electron chi connectivity index (χ3n) is 6.13. The van der Waals surface area contributed by atoms with Crippen LogP contribution in [-0.4, -0.2) is 43.7 Å². The zero-order valence-corrected chi connectivity index (χ0v) is 19.4. The molecule has 0 bridgehead atoms. The fraction of sp³-hybridized carbons (Fsp3) is 0.480. The molecule has 0 aliphatic carbocycles. The van der Waals surface area contributed by atoms with Gasteiger partial charge in [-0.2, -0.15) is 0 Å². The molecule has 0 saturated carbocycles. The highest BCUT2D eigenvalue weighted by Crippen LogP contribution is 2.42. The third-order valence-corrected chi connectivity index (χ3v) is 6.13. The number of nitrogens with zero attached hydrogens (tertiary/aromatic N) is 1. The van der Waals surface area contributed by atoms with Gasteiger partial charge in [-0.15, -0.1) is 0 Å². The number of hydrogen-bond acceptors (Lipinski definition) is 5. The van der Waals surface area contributed by atoms with E-state index in [2.05, 4.69) is 37.9 Å². The number of carbonyl (C=O) groups excluding carboxylic acids is 1. The Labute approximate surface area is 185 Å². The van der Waals surface area contributed by atoms with Gasteiger partial charge >= 0.3 is 0 Å². The number of benzene rings is 2. The molecule has 31 heavy (non-hydrogen) atoms. The number of hydrogen-bond donors (Lipinski definition) is 2. The van der Waals surface area contributed by atoms with Gasteiger partial charge in [0, 0.05) is 17.8 Å². The van der Waals surface area contributed by atoms with Crippen LogP contribution in [0.2, 0.25) is 0 Å². The zero-order valence-electron chi connectivity index (χ0n) is 19.4. The van der Waals surface area contributed by atoms with E-state index in [1.165, 1.54) is 0 Å². The van der Waals surface area contributed by atoms with E-state index in [0.717, 1.165) is 29.7 Å². The highest BCUT2D eigenvalue weighted by Gasteiger charge is 2.35. The van der Waals surface area contributed by atoms with E-state index in [-0.39, 0.29) is 17.9 Å². The number of rotatable bonds is 8. The van der Waals surface area contributed by atoms with Gasteiger partial charge in [0.15, 0.2) is 11.5 Å². The van der Waals surface area contributed by atoms with E-state index < -0.39 is 0 Å². The lowest BCUT2D eigenvalue weighted by Crippen LogP contribution is -2.42. The Balaban J connectivity index is 2.05. The van der Waals surface area contributed by atoms with Gasteiger partial charge in [-0.05, 0) is 81.6 Å². The van der Waals surface area contributed by atoms with E-state index in [9.17, 15) is 4.79 Å². The summed E-state index contributed by atoms with van der Waals surface area (Å²) in [5.41, 5.74) is 9.65. The fourth-order valence-corrected chi connectivity index (χ4v) is 4.60. The molecule has 1 aliphatic heterocycles. The van der Waals surface area contributed by atoms with Crippen LogP contribution in [0.1, 0.15) is 62.8 Å². The smallest absolute Gasteiger partial charge is 0.228 e. The monoisotopic (exact) mass is 425 g/mol. The van der Waals surface area contributed by atoms with E-state index >= 15 is 0 Å². The summed E-state index contributed by atoms with van der Waals surface area (Å²) in [6.45, 7) is 9.61. The molecule has 3 N–H and O–H groups in total. The van der Waals surface area contributed by atoms with Crippen LogP contribution < -0.4 is 20.5 Å². The summed E-state index contributed by atoms with van der Waals surface area (Å²) >= 11 is 0. The Morgan fingerprint density at radius 3 is 2.16 bits per heavy atom. The van der Waals surface area contributed by atoms with Gasteiger partial charge in [0.1, 0.15) is 0 Å². The molecule has 0 aromatic heterocycles. The summed E-state index contributed by atoms with van der Waals surface area (Å²) in [7, 11) is 3.25. The van der Waals surface area contributed by atoms with Crippen molar-refractivity contribution in [2.24, 2.45) is 0 Å². The summed E-state index contributed by atoms with van der Waals surface area (Å²) in [4.78, 5) is 15.7. The van der Waals surface area contributed by atoms with Crippen LogP contribution in [0.5, 0.6) is 11.5 Å². The number of carbonyl (C=O) groups is 1. The summed E-state index contributed by atoms with van der Waals surface area (Å²) < 4.78 is 11.1. The van der Waals surface area contributed by atoms with Crippen molar-refractivity contribution in [3.63, 3.8) is 0 Å². The van der Waals surface area contributed by atoms with Crippen molar-refractivity contribution in [2.45, 2.75) is 58.2 Å². The second kappa shape index (κ2) is 9.60. The number of amides is 1. The molecule has 2 atom stereocenters. The second-order valence-corrected chi connectivity index (χ2v) is 8.71. The standard InChI is InChI=1S/C25H35N3O3/c1-15(2)28(16(3)4)11-10-19-20-13-22(30-5)23(31-6)14-21(20)24(27-25(19)29)17-8-7-9-18(26)12-17/h7-9,12-16,19,24H,10-11,26H2,1-6H3,(H,27,29). The van der Waals surface area contributed by atoms with Crippen LogP contribution in [0.25, 0.3) is 0 Å². The van der Waals surface area contributed by atoms with Crippen molar-refractivity contribution in [1.29, 1.82) is 0 Å². The lowest BCUT2D eigenvalue weighted by Gasteiger charge is -2.36. The zero-order chi connectivity index (χ0) is 22.7. The molecule has 6 heteroatoms. The first-order valence-electron chi connectivity index (χ1n) is 10.9. The number of nitrogen functional groups attached to an aromatic ring is 1. The number of methoxy groups -OCH3 is 2. The third kappa shape index (κ3) is 4.79. The number of anilines is 1. The van der Waals surface area contributed by atoms with Crippen molar-refractivity contribution in [3.8, 4) is 11.5 Å². The van der Waals surface area contributed by atoms with E-state index in [1.807, 2.05) is 36.4 Å². The number of fused-ring (bicyclic) bond motifs is 1. The van der Waals surface area contributed by atoms with Crippen molar-refractivity contribution < 1.29 is 14.3 Å². The average molecular weight is 426 g/mol. The SMILES string of the molecule is COc1cc2c(cc1OC)C(c1cccc(N)c1)NC(=O)C2CCN(C(C)C)C(C)C. The Bertz CT molecular complexity index is 918. The molecule has 1 aliphatic rings. The van der Waals surface area contributed by atoms with E-state index in [4.69, 9.17) is 15.2 Å². The topological polar surface area (TPSA) is 76.8 Å². The molecule has 2 aromatic rings. The van der Waals surface area contributed by atoms with Crippen LogP contribution in [0.4, 0.5) is 5.69 Å². The Hall–Kier alpha value is -2.73. The first-order chi connectivity index (χ1) is 14.8.